The summed E-state index contributed by atoms with van der Waals surface area (Å²) in [5.41, 5.74) is 11.8. The van der Waals surface area contributed by atoms with Crippen LogP contribution in [0.2, 0.25) is 0 Å². The molecule has 5 heterocycles. The fourth-order valence-corrected chi connectivity index (χ4v) is 5.13. The predicted octanol–water partition coefficient (Wildman–Crippen LogP) is 3.38. The number of H-pyrrole nitrogens is 1. The number of hydrogen-bond donors (Lipinski definition) is 3. The summed E-state index contributed by atoms with van der Waals surface area (Å²) in [6, 6.07) is 10.3. The maximum absolute atomic E-state index is 9.80. The van der Waals surface area contributed by atoms with Crippen LogP contribution in [0.4, 0.5) is 0 Å². The number of rotatable bonds is 7. The lowest BCUT2D eigenvalue weighted by atomic mass is 10.0. The summed E-state index contributed by atoms with van der Waals surface area (Å²) in [6.45, 7) is 5.77. The molecule has 3 N–H and O–H groups in total. The predicted molar refractivity (Wildman–Crippen MR) is 137 cm³/mol. The molecule has 186 valence electrons. The lowest BCUT2D eigenvalue weighted by Gasteiger charge is -2.23. The summed E-state index contributed by atoms with van der Waals surface area (Å²) < 4.78 is 11.6. The van der Waals surface area contributed by atoms with E-state index >= 15 is 0 Å². The van der Waals surface area contributed by atoms with Gasteiger partial charge in [0.25, 0.3) is 0 Å². The first-order chi connectivity index (χ1) is 17.8. The van der Waals surface area contributed by atoms with Crippen LogP contribution in [0, 0.1) is 11.3 Å². The van der Waals surface area contributed by atoms with E-state index in [9.17, 15) is 5.26 Å². The monoisotopic (exact) mass is 485 g/mol. The molecule has 0 spiro atoms. The van der Waals surface area contributed by atoms with Crippen LogP contribution in [-0.2, 0) is 4.74 Å². The van der Waals surface area contributed by atoms with E-state index in [0.29, 0.717) is 24.5 Å². The molecular weight excluding hydrogens is 454 g/mol. The third-order valence-electron chi connectivity index (χ3n) is 7.19. The highest BCUT2D eigenvalue weighted by atomic mass is 16.5. The van der Waals surface area contributed by atoms with Gasteiger partial charge in [-0.3, -0.25) is 5.01 Å². The van der Waals surface area contributed by atoms with E-state index in [2.05, 4.69) is 49.2 Å². The van der Waals surface area contributed by atoms with E-state index in [1.807, 2.05) is 30.6 Å². The summed E-state index contributed by atoms with van der Waals surface area (Å²) in [7, 11) is 0. The van der Waals surface area contributed by atoms with Crippen LogP contribution in [0.25, 0.3) is 27.9 Å². The molecule has 0 unspecified atom stereocenters. The zero-order valence-corrected chi connectivity index (χ0v) is 20.3. The van der Waals surface area contributed by atoms with Crippen LogP contribution in [0.5, 0.6) is 5.75 Å². The second kappa shape index (κ2) is 10.2. The first kappa shape index (κ1) is 22.9. The Morgan fingerprint density at radius 3 is 2.81 bits per heavy atom. The van der Waals surface area contributed by atoms with E-state index in [1.54, 1.807) is 0 Å². The minimum atomic E-state index is 0.0901. The van der Waals surface area contributed by atoms with Crippen molar-refractivity contribution >= 4 is 16.7 Å². The fraction of sp³-hybridized carbons (Fsp3) is 0.407. The fourth-order valence-electron chi connectivity index (χ4n) is 5.13. The van der Waals surface area contributed by atoms with Crippen LogP contribution in [-0.4, -0.2) is 65.4 Å². The molecule has 0 atom stereocenters. The average molecular weight is 486 g/mol. The molecule has 0 radical (unpaired) electrons. The van der Waals surface area contributed by atoms with E-state index in [-0.39, 0.29) is 6.10 Å². The van der Waals surface area contributed by atoms with Crippen LogP contribution < -0.4 is 15.7 Å². The zero-order valence-electron chi connectivity index (χ0n) is 20.3. The highest BCUT2D eigenvalue weighted by Gasteiger charge is 2.20. The van der Waals surface area contributed by atoms with Crippen molar-refractivity contribution in [2.24, 2.45) is 0 Å². The molecule has 2 saturated heterocycles. The van der Waals surface area contributed by atoms with Gasteiger partial charge in [0.15, 0.2) is 0 Å². The number of nitrogens with zero attached hydrogens (tertiary/aromatic N) is 4. The Hall–Kier alpha value is -3.58. The number of fused-ring (bicyclic) bond motifs is 1. The summed E-state index contributed by atoms with van der Waals surface area (Å²) in [6.07, 6.45) is 10.3. The maximum Gasteiger partial charge on any atom is 0.137 e. The molecule has 9 nitrogen and oxygen atoms in total. The molecule has 0 aliphatic carbocycles. The molecular formula is C27H31N7O2. The van der Waals surface area contributed by atoms with Gasteiger partial charge >= 0.3 is 0 Å². The molecule has 2 aromatic heterocycles. The highest BCUT2D eigenvalue weighted by molar-refractivity contribution is 5.95. The van der Waals surface area contributed by atoms with Gasteiger partial charge in [-0.2, -0.15) is 5.26 Å². The van der Waals surface area contributed by atoms with Gasteiger partial charge in [0.2, 0.25) is 0 Å². The number of hydrazine groups is 2. The Balaban J connectivity index is 1.22. The zero-order chi connectivity index (χ0) is 24.3. The smallest absolute Gasteiger partial charge is 0.137 e. The lowest BCUT2D eigenvalue weighted by Crippen LogP contribution is -2.40. The molecule has 0 saturated carbocycles. The Bertz CT molecular complexity index is 1300. The standard InChI is InChI=1S/C27H31N7O2/c28-15-20-13-19(3-4-26(20)36-22-5-11-35-12-6-22)24-17-30-27-23(24)14-21(16-29-27)25-18-34(32-31-25)10-9-33-7-1-2-8-33/h3-4,13-14,16-18,22,31-32H,1-2,5-12H2,(H,29,30). The Kier molecular flexibility index (Phi) is 6.47. The van der Waals surface area contributed by atoms with Crippen LogP contribution in [0.15, 0.2) is 42.9 Å². The second-order valence-corrected chi connectivity index (χ2v) is 9.60. The number of hydrogen-bond acceptors (Lipinski definition) is 8. The maximum atomic E-state index is 9.80. The van der Waals surface area contributed by atoms with Gasteiger partial charge in [-0.25, -0.2) is 4.98 Å². The lowest BCUT2D eigenvalue weighted by molar-refractivity contribution is 0.0254. The van der Waals surface area contributed by atoms with Crippen molar-refractivity contribution < 1.29 is 9.47 Å². The third kappa shape index (κ3) is 4.75. The topological polar surface area (TPSA) is 101 Å². The first-order valence-electron chi connectivity index (χ1n) is 12.8. The van der Waals surface area contributed by atoms with Gasteiger partial charge in [0, 0.05) is 61.0 Å². The Labute approximate surface area is 210 Å². The summed E-state index contributed by atoms with van der Waals surface area (Å²) in [4.78, 5) is 10.4. The minimum absolute atomic E-state index is 0.0901. The second-order valence-electron chi connectivity index (χ2n) is 9.60. The minimum Gasteiger partial charge on any atom is -0.489 e. The van der Waals surface area contributed by atoms with Gasteiger partial charge in [-0.15, -0.1) is 5.53 Å². The molecule has 36 heavy (non-hydrogen) atoms. The van der Waals surface area contributed by atoms with Crippen molar-refractivity contribution in [3.63, 3.8) is 0 Å². The molecule has 6 rings (SSSR count). The van der Waals surface area contributed by atoms with Gasteiger partial charge in [0.1, 0.15) is 23.6 Å². The largest absolute Gasteiger partial charge is 0.489 e. The number of nitrogens with one attached hydrogen (secondary N) is 3. The number of aromatic nitrogens is 2. The van der Waals surface area contributed by atoms with Gasteiger partial charge in [0.05, 0.1) is 24.5 Å². The van der Waals surface area contributed by atoms with Crippen molar-refractivity contribution in [3.8, 4) is 22.9 Å². The summed E-state index contributed by atoms with van der Waals surface area (Å²) in [5.74, 6) is 0.632. The molecule has 0 amide bonds. The normalized spacial score (nSPS) is 18.9. The van der Waals surface area contributed by atoms with Gasteiger partial charge in [-0.1, -0.05) is 6.07 Å². The Morgan fingerprint density at radius 2 is 1.97 bits per heavy atom. The highest BCUT2D eigenvalue weighted by Crippen LogP contribution is 2.33. The van der Waals surface area contributed by atoms with Crippen molar-refractivity contribution in [2.45, 2.75) is 31.8 Å². The molecule has 3 aliphatic heterocycles. The van der Waals surface area contributed by atoms with E-state index in [1.165, 1.54) is 25.9 Å². The van der Waals surface area contributed by atoms with Crippen LogP contribution in [0.3, 0.4) is 0 Å². The van der Waals surface area contributed by atoms with E-state index in [4.69, 9.17) is 9.47 Å². The number of aromatic amines is 1. The quantitative estimate of drug-likeness (QED) is 0.468. The number of nitriles is 1. The SMILES string of the molecule is N#Cc1cc(-c2c[nH]c3ncc(C4=CN(CCN5CCCC5)NN4)cc23)ccc1OC1CCOCC1. The van der Waals surface area contributed by atoms with Crippen LogP contribution >= 0.6 is 0 Å². The summed E-state index contributed by atoms with van der Waals surface area (Å²) in [5, 5.41) is 12.9. The summed E-state index contributed by atoms with van der Waals surface area (Å²) >= 11 is 0. The number of benzene rings is 1. The van der Waals surface area contributed by atoms with Crippen molar-refractivity contribution in [1.82, 2.24) is 30.8 Å². The Morgan fingerprint density at radius 1 is 1.11 bits per heavy atom. The number of pyridine rings is 1. The van der Waals surface area contributed by atoms with E-state index < -0.39 is 0 Å². The molecule has 3 aromatic rings. The van der Waals surface area contributed by atoms with Gasteiger partial charge in [-0.05, 0) is 49.7 Å². The molecule has 2 fully saturated rings. The number of ether oxygens (including phenoxy) is 2. The first-order valence-corrected chi connectivity index (χ1v) is 12.8. The van der Waals surface area contributed by atoms with Crippen molar-refractivity contribution in [2.75, 3.05) is 39.4 Å². The third-order valence-corrected chi connectivity index (χ3v) is 7.19. The van der Waals surface area contributed by atoms with Gasteiger partial charge < -0.3 is 24.8 Å². The average Bonchev–Trinajstić information content (AvgIpc) is 3.69. The van der Waals surface area contributed by atoms with Crippen molar-refractivity contribution in [1.29, 1.82) is 5.26 Å². The molecule has 0 bridgehead atoms. The number of likely N-dealkylation sites (tertiary alicyclic amines) is 1. The molecule has 9 heteroatoms. The van der Waals surface area contributed by atoms with Crippen LogP contribution in [0.1, 0.15) is 36.8 Å². The van der Waals surface area contributed by atoms with Crippen molar-refractivity contribution in [3.05, 3.63) is 54.0 Å². The van der Waals surface area contributed by atoms with E-state index in [0.717, 1.165) is 59.4 Å². The molecule has 3 aliphatic rings. The molecule has 1 aromatic carbocycles.